The standard InChI is InChI=1S/C18H24ClNO5/c1-12(25-11-13-6-5-9-24-13)18(22)20-16(10-17(21)23-2)14-7-3-4-8-15(14)19/h3-4,7-8,12-13,16H,5-6,9-11H2,1-2H3,(H,20,22). The summed E-state index contributed by atoms with van der Waals surface area (Å²) in [5.74, 6) is -0.745. The van der Waals surface area contributed by atoms with E-state index in [1.54, 1.807) is 31.2 Å². The van der Waals surface area contributed by atoms with Crippen LogP contribution in [0.4, 0.5) is 0 Å². The molecule has 1 saturated heterocycles. The van der Waals surface area contributed by atoms with Crippen LogP contribution in [0.1, 0.15) is 37.8 Å². The summed E-state index contributed by atoms with van der Waals surface area (Å²) in [7, 11) is 1.31. The number of halogens is 1. The van der Waals surface area contributed by atoms with Crippen LogP contribution in [-0.4, -0.2) is 44.4 Å². The van der Waals surface area contributed by atoms with Crippen molar-refractivity contribution in [3.8, 4) is 0 Å². The van der Waals surface area contributed by atoms with Crippen molar-refractivity contribution in [2.24, 2.45) is 0 Å². The van der Waals surface area contributed by atoms with Crippen LogP contribution < -0.4 is 5.32 Å². The van der Waals surface area contributed by atoms with Gasteiger partial charge in [-0.15, -0.1) is 0 Å². The van der Waals surface area contributed by atoms with Gasteiger partial charge in [0.05, 0.1) is 32.3 Å². The van der Waals surface area contributed by atoms with Gasteiger partial charge >= 0.3 is 5.97 Å². The van der Waals surface area contributed by atoms with E-state index >= 15 is 0 Å². The molecule has 0 spiro atoms. The van der Waals surface area contributed by atoms with Gasteiger partial charge in [-0.3, -0.25) is 9.59 Å². The second-order valence-electron chi connectivity index (χ2n) is 5.97. The zero-order valence-corrected chi connectivity index (χ0v) is 15.3. The van der Waals surface area contributed by atoms with Gasteiger partial charge in [0.2, 0.25) is 5.91 Å². The zero-order chi connectivity index (χ0) is 18.2. The molecule has 1 aliphatic heterocycles. The Labute approximate surface area is 152 Å². The van der Waals surface area contributed by atoms with Crippen molar-refractivity contribution in [3.05, 3.63) is 34.9 Å². The highest BCUT2D eigenvalue weighted by Gasteiger charge is 2.25. The number of carbonyl (C=O) groups is 2. The molecule has 0 saturated carbocycles. The van der Waals surface area contributed by atoms with Gasteiger partial charge in [0.1, 0.15) is 6.10 Å². The van der Waals surface area contributed by atoms with Gasteiger partial charge in [-0.05, 0) is 31.4 Å². The predicted octanol–water partition coefficient (Wildman–Crippen LogP) is 2.64. The Morgan fingerprint density at radius 2 is 2.16 bits per heavy atom. The maximum Gasteiger partial charge on any atom is 0.307 e. The first-order valence-electron chi connectivity index (χ1n) is 8.36. The topological polar surface area (TPSA) is 73.9 Å². The zero-order valence-electron chi connectivity index (χ0n) is 14.5. The lowest BCUT2D eigenvalue weighted by Crippen LogP contribution is -2.39. The number of nitrogens with one attached hydrogen (secondary N) is 1. The number of hydrogen-bond donors (Lipinski definition) is 1. The van der Waals surface area contributed by atoms with Crippen LogP contribution in [0.15, 0.2) is 24.3 Å². The van der Waals surface area contributed by atoms with Crippen molar-refractivity contribution in [2.45, 2.75) is 44.4 Å². The average Bonchev–Trinajstić information content (AvgIpc) is 3.12. The van der Waals surface area contributed by atoms with Gasteiger partial charge in [0, 0.05) is 11.6 Å². The Bertz CT molecular complexity index is 589. The van der Waals surface area contributed by atoms with E-state index in [0.29, 0.717) is 17.2 Å². The molecular weight excluding hydrogens is 346 g/mol. The van der Waals surface area contributed by atoms with E-state index in [4.69, 9.17) is 25.8 Å². The maximum atomic E-state index is 12.4. The van der Waals surface area contributed by atoms with Gasteiger partial charge in [-0.25, -0.2) is 0 Å². The van der Waals surface area contributed by atoms with Crippen molar-refractivity contribution < 1.29 is 23.8 Å². The van der Waals surface area contributed by atoms with Crippen molar-refractivity contribution in [1.82, 2.24) is 5.32 Å². The van der Waals surface area contributed by atoms with Gasteiger partial charge in [0.15, 0.2) is 0 Å². The molecule has 3 unspecified atom stereocenters. The largest absolute Gasteiger partial charge is 0.469 e. The summed E-state index contributed by atoms with van der Waals surface area (Å²) >= 11 is 6.20. The number of methoxy groups -OCH3 is 1. The highest BCUT2D eigenvalue weighted by atomic mass is 35.5. The van der Waals surface area contributed by atoms with Gasteiger partial charge in [-0.1, -0.05) is 29.8 Å². The second kappa shape index (κ2) is 9.75. The Kier molecular flexibility index (Phi) is 7.68. The third-order valence-electron chi connectivity index (χ3n) is 4.12. The van der Waals surface area contributed by atoms with E-state index in [2.05, 4.69) is 5.32 Å². The molecule has 138 valence electrons. The molecule has 1 aliphatic rings. The van der Waals surface area contributed by atoms with E-state index in [0.717, 1.165) is 19.4 Å². The quantitative estimate of drug-likeness (QED) is 0.713. The lowest BCUT2D eigenvalue weighted by molar-refractivity contribution is -0.142. The average molecular weight is 370 g/mol. The summed E-state index contributed by atoms with van der Waals surface area (Å²) in [6, 6.07) is 6.49. The number of ether oxygens (including phenoxy) is 3. The minimum atomic E-state index is -0.660. The Balaban J connectivity index is 1.98. The highest BCUT2D eigenvalue weighted by molar-refractivity contribution is 6.31. The van der Waals surface area contributed by atoms with Crippen LogP contribution in [-0.2, 0) is 23.8 Å². The first kappa shape index (κ1) is 19.7. The van der Waals surface area contributed by atoms with Gasteiger partial charge < -0.3 is 19.5 Å². The Morgan fingerprint density at radius 1 is 1.40 bits per heavy atom. The van der Waals surface area contributed by atoms with Crippen LogP contribution in [0, 0.1) is 0 Å². The summed E-state index contributed by atoms with van der Waals surface area (Å²) in [5, 5.41) is 3.30. The van der Waals surface area contributed by atoms with E-state index in [-0.39, 0.29) is 18.4 Å². The molecule has 1 aromatic rings. The van der Waals surface area contributed by atoms with Crippen LogP contribution in [0.3, 0.4) is 0 Å². The normalized spacial score (nSPS) is 19.2. The molecule has 0 bridgehead atoms. The predicted molar refractivity (Wildman–Crippen MR) is 93.4 cm³/mol. The number of hydrogen-bond acceptors (Lipinski definition) is 5. The van der Waals surface area contributed by atoms with Gasteiger partial charge in [0.25, 0.3) is 0 Å². The molecule has 0 radical (unpaired) electrons. The molecule has 25 heavy (non-hydrogen) atoms. The smallest absolute Gasteiger partial charge is 0.307 e. The number of carbonyl (C=O) groups excluding carboxylic acids is 2. The van der Waals surface area contributed by atoms with Crippen LogP contribution >= 0.6 is 11.6 Å². The number of rotatable bonds is 8. The SMILES string of the molecule is COC(=O)CC(NC(=O)C(C)OCC1CCCO1)c1ccccc1Cl. The molecule has 7 heteroatoms. The first-order chi connectivity index (χ1) is 12.0. The summed E-state index contributed by atoms with van der Waals surface area (Å²) in [6.07, 6.45) is 1.34. The van der Waals surface area contributed by atoms with E-state index in [9.17, 15) is 9.59 Å². The summed E-state index contributed by atoms with van der Waals surface area (Å²) < 4.78 is 15.8. The van der Waals surface area contributed by atoms with Crippen molar-refractivity contribution in [2.75, 3.05) is 20.3 Å². The molecule has 1 amide bonds. The maximum absolute atomic E-state index is 12.4. The molecule has 2 rings (SSSR count). The third-order valence-corrected chi connectivity index (χ3v) is 4.47. The number of benzene rings is 1. The van der Waals surface area contributed by atoms with E-state index in [1.165, 1.54) is 7.11 Å². The fourth-order valence-corrected chi connectivity index (χ4v) is 2.91. The van der Waals surface area contributed by atoms with E-state index in [1.807, 2.05) is 0 Å². The molecule has 1 aromatic carbocycles. The second-order valence-corrected chi connectivity index (χ2v) is 6.38. The van der Waals surface area contributed by atoms with Crippen molar-refractivity contribution >= 4 is 23.5 Å². The minimum Gasteiger partial charge on any atom is -0.469 e. The number of amides is 1. The monoisotopic (exact) mass is 369 g/mol. The van der Waals surface area contributed by atoms with Crippen LogP contribution in [0.25, 0.3) is 0 Å². The molecule has 0 aromatic heterocycles. The van der Waals surface area contributed by atoms with Crippen LogP contribution in [0.2, 0.25) is 5.02 Å². The molecule has 6 nitrogen and oxygen atoms in total. The lowest BCUT2D eigenvalue weighted by atomic mass is 10.0. The molecule has 1 N–H and O–H groups in total. The molecule has 1 heterocycles. The highest BCUT2D eigenvalue weighted by Crippen LogP contribution is 2.25. The van der Waals surface area contributed by atoms with E-state index < -0.39 is 18.1 Å². The summed E-state index contributed by atoms with van der Waals surface area (Å²) in [5.41, 5.74) is 0.661. The Hall–Kier alpha value is -1.63. The minimum absolute atomic E-state index is 0.00949. The molecule has 1 fully saturated rings. The Morgan fingerprint density at radius 3 is 2.80 bits per heavy atom. The number of esters is 1. The summed E-state index contributed by atoms with van der Waals surface area (Å²) in [4.78, 5) is 24.1. The van der Waals surface area contributed by atoms with Crippen LogP contribution in [0.5, 0.6) is 0 Å². The lowest BCUT2D eigenvalue weighted by Gasteiger charge is -2.22. The molecular formula is C18H24ClNO5. The van der Waals surface area contributed by atoms with Gasteiger partial charge in [-0.2, -0.15) is 0 Å². The third kappa shape index (κ3) is 5.99. The fourth-order valence-electron chi connectivity index (χ4n) is 2.64. The van der Waals surface area contributed by atoms with Crippen molar-refractivity contribution in [3.63, 3.8) is 0 Å². The van der Waals surface area contributed by atoms with Crippen molar-refractivity contribution in [1.29, 1.82) is 0 Å². The summed E-state index contributed by atoms with van der Waals surface area (Å²) in [6.45, 7) is 2.79. The molecule has 0 aliphatic carbocycles. The fraction of sp³-hybridized carbons (Fsp3) is 0.556. The molecule has 3 atom stereocenters. The first-order valence-corrected chi connectivity index (χ1v) is 8.74.